The first-order valence-corrected chi connectivity index (χ1v) is 10.0. The van der Waals surface area contributed by atoms with Crippen LogP contribution in [-0.4, -0.2) is 15.8 Å². The Balaban J connectivity index is 1.80. The number of rotatable bonds is 3. The molecule has 0 saturated carbocycles. The molecular formula is C23H14ClN3O5. The van der Waals surface area contributed by atoms with E-state index in [1.54, 1.807) is 31.2 Å². The second-order valence-corrected chi connectivity index (χ2v) is 7.79. The first-order valence-electron chi connectivity index (χ1n) is 9.62. The summed E-state index contributed by atoms with van der Waals surface area (Å²) in [5.41, 5.74) is 1.13. The fourth-order valence-electron chi connectivity index (χ4n) is 3.92. The molecule has 5 rings (SSSR count). The van der Waals surface area contributed by atoms with Crippen molar-refractivity contribution >= 4 is 40.0 Å². The maximum atomic E-state index is 13.5. The minimum absolute atomic E-state index is 0.0850. The number of carbonyl (C=O) groups is 1. The zero-order valence-electron chi connectivity index (χ0n) is 16.6. The van der Waals surface area contributed by atoms with Gasteiger partial charge < -0.3 is 4.42 Å². The predicted molar refractivity (Wildman–Crippen MR) is 118 cm³/mol. The first-order chi connectivity index (χ1) is 15.4. The van der Waals surface area contributed by atoms with Gasteiger partial charge in [-0.25, -0.2) is 4.98 Å². The van der Waals surface area contributed by atoms with Gasteiger partial charge in [-0.2, -0.15) is 0 Å². The minimum Gasteiger partial charge on any atom is -0.450 e. The fraction of sp³-hybridized carbons (Fsp3) is 0.0870. The number of carbonyl (C=O) groups excluding carboxylic acids is 1. The zero-order valence-corrected chi connectivity index (χ0v) is 17.4. The summed E-state index contributed by atoms with van der Waals surface area (Å²) in [5, 5.41) is 11.7. The van der Waals surface area contributed by atoms with Crippen LogP contribution >= 0.6 is 11.6 Å². The van der Waals surface area contributed by atoms with Gasteiger partial charge in [0.05, 0.1) is 21.9 Å². The molecule has 1 aliphatic rings. The predicted octanol–water partition coefficient (Wildman–Crippen LogP) is 4.81. The van der Waals surface area contributed by atoms with Crippen LogP contribution in [0, 0.1) is 17.0 Å². The van der Waals surface area contributed by atoms with Gasteiger partial charge in [0.2, 0.25) is 5.76 Å². The number of fused-ring (bicyclic) bond motifs is 2. The molecule has 9 heteroatoms. The summed E-state index contributed by atoms with van der Waals surface area (Å²) in [7, 11) is 0. The SMILES string of the molecule is Cc1cc2oc3c(c(=O)c2cc1Cl)[C@@H](c1ccc([N+](=O)[O-])cc1)N(c1ccccn1)C3=O. The van der Waals surface area contributed by atoms with E-state index in [0.717, 1.165) is 0 Å². The lowest BCUT2D eigenvalue weighted by Crippen LogP contribution is -2.30. The van der Waals surface area contributed by atoms with Gasteiger partial charge in [-0.3, -0.25) is 24.6 Å². The van der Waals surface area contributed by atoms with E-state index in [-0.39, 0.29) is 28.0 Å². The third-order valence-electron chi connectivity index (χ3n) is 5.47. The number of benzene rings is 2. The number of halogens is 1. The molecule has 1 amide bonds. The number of nitro groups is 1. The lowest BCUT2D eigenvalue weighted by molar-refractivity contribution is -0.384. The number of aryl methyl sites for hydroxylation is 1. The molecule has 0 aliphatic carbocycles. The Kier molecular flexibility index (Phi) is 4.53. The van der Waals surface area contributed by atoms with Crippen LogP contribution in [0.15, 0.2) is 70.0 Å². The molecule has 0 N–H and O–H groups in total. The second-order valence-electron chi connectivity index (χ2n) is 7.39. The van der Waals surface area contributed by atoms with E-state index in [1.165, 1.54) is 41.4 Å². The van der Waals surface area contributed by atoms with E-state index >= 15 is 0 Å². The molecule has 8 nitrogen and oxygen atoms in total. The molecule has 32 heavy (non-hydrogen) atoms. The quantitative estimate of drug-likeness (QED) is 0.329. The average molecular weight is 448 g/mol. The number of nitro benzene ring substituents is 1. The van der Waals surface area contributed by atoms with Crippen molar-refractivity contribution in [3.05, 3.63) is 109 Å². The third kappa shape index (κ3) is 2.96. The average Bonchev–Trinajstić information content (AvgIpc) is 3.08. The van der Waals surface area contributed by atoms with Gasteiger partial charge in [0.25, 0.3) is 11.6 Å². The summed E-state index contributed by atoms with van der Waals surface area (Å²) in [6, 6.07) is 13.1. The smallest absolute Gasteiger partial charge is 0.296 e. The van der Waals surface area contributed by atoms with Crippen LogP contribution in [0.3, 0.4) is 0 Å². The highest BCUT2D eigenvalue weighted by molar-refractivity contribution is 6.32. The Morgan fingerprint density at radius 3 is 2.53 bits per heavy atom. The Hall–Kier alpha value is -4.04. The topological polar surface area (TPSA) is 107 Å². The van der Waals surface area contributed by atoms with Gasteiger partial charge in [0, 0.05) is 23.4 Å². The number of hydrogen-bond donors (Lipinski definition) is 0. The van der Waals surface area contributed by atoms with Crippen molar-refractivity contribution in [2.75, 3.05) is 4.90 Å². The normalized spacial score (nSPS) is 15.2. The Morgan fingerprint density at radius 2 is 1.88 bits per heavy atom. The van der Waals surface area contributed by atoms with Crippen LogP contribution in [-0.2, 0) is 0 Å². The molecule has 1 aliphatic heterocycles. The van der Waals surface area contributed by atoms with E-state index in [9.17, 15) is 19.7 Å². The lowest BCUT2D eigenvalue weighted by Gasteiger charge is -2.24. The van der Waals surface area contributed by atoms with Crippen LogP contribution in [0.25, 0.3) is 11.0 Å². The number of aromatic nitrogens is 1. The molecular weight excluding hydrogens is 434 g/mol. The number of non-ortho nitro benzene ring substituents is 1. The summed E-state index contributed by atoms with van der Waals surface area (Å²) in [5.74, 6) is -0.281. The molecule has 1 atom stereocenters. The molecule has 4 aromatic rings. The molecule has 2 aromatic heterocycles. The van der Waals surface area contributed by atoms with E-state index in [4.69, 9.17) is 16.0 Å². The highest BCUT2D eigenvalue weighted by Crippen LogP contribution is 2.41. The summed E-state index contributed by atoms with van der Waals surface area (Å²) in [6.45, 7) is 1.77. The largest absolute Gasteiger partial charge is 0.450 e. The Labute approximate surface area is 185 Å². The van der Waals surface area contributed by atoms with E-state index in [0.29, 0.717) is 22.0 Å². The van der Waals surface area contributed by atoms with Crippen molar-refractivity contribution in [3.63, 3.8) is 0 Å². The number of hydrogen-bond acceptors (Lipinski definition) is 6. The summed E-state index contributed by atoms with van der Waals surface area (Å²) in [4.78, 5) is 43.2. The van der Waals surface area contributed by atoms with Crippen LogP contribution in [0.1, 0.15) is 33.3 Å². The fourth-order valence-corrected chi connectivity index (χ4v) is 4.08. The van der Waals surface area contributed by atoms with Crippen molar-refractivity contribution < 1.29 is 14.1 Å². The highest BCUT2D eigenvalue weighted by Gasteiger charge is 2.44. The third-order valence-corrected chi connectivity index (χ3v) is 5.87. The van der Waals surface area contributed by atoms with E-state index in [2.05, 4.69) is 4.98 Å². The van der Waals surface area contributed by atoms with Crippen molar-refractivity contribution in [2.24, 2.45) is 0 Å². The van der Waals surface area contributed by atoms with Crippen molar-refractivity contribution in [1.29, 1.82) is 0 Å². The molecule has 2 aromatic carbocycles. The number of anilines is 1. The van der Waals surface area contributed by atoms with Gasteiger partial charge in [-0.15, -0.1) is 0 Å². The van der Waals surface area contributed by atoms with Gasteiger partial charge in [0.15, 0.2) is 5.43 Å². The molecule has 0 radical (unpaired) electrons. The molecule has 0 unspecified atom stereocenters. The van der Waals surface area contributed by atoms with Gasteiger partial charge in [-0.05, 0) is 54.4 Å². The monoisotopic (exact) mass is 447 g/mol. The standard InChI is InChI=1S/C23H14ClN3O5/c1-12-10-17-15(11-16(12)24)21(28)19-20(13-5-7-14(8-6-13)27(30)31)26(23(29)22(19)32-17)18-4-2-3-9-25-18/h2-11,20H,1H3/t20-/m1/s1. The van der Waals surface area contributed by atoms with Crippen LogP contribution in [0.4, 0.5) is 11.5 Å². The van der Waals surface area contributed by atoms with Crippen molar-refractivity contribution in [1.82, 2.24) is 4.98 Å². The second kappa shape index (κ2) is 7.28. The van der Waals surface area contributed by atoms with Gasteiger partial charge in [-0.1, -0.05) is 17.7 Å². The number of nitrogens with zero attached hydrogens (tertiary/aromatic N) is 3. The molecule has 0 fully saturated rings. The summed E-state index contributed by atoms with van der Waals surface area (Å²) >= 11 is 6.23. The van der Waals surface area contributed by atoms with E-state index in [1.807, 2.05) is 0 Å². The van der Waals surface area contributed by atoms with Crippen molar-refractivity contribution in [2.45, 2.75) is 13.0 Å². The molecule has 0 bridgehead atoms. The van der Waals surface area contributed by atoms with Gasteiger partial charge >= 0.3 is 0 Å². The van der Waals surface area contributed by atoms with Crippen molar-refractivity contribution in [3.8, 4) is 0 Å². The van der Waals surface area contributed by atoms with Crippen LogP contribution < -0.4 is 10.3 Å². The Morgan fingerprint density at radius 1 is 1.12 bits per heavy atom. The maximum absolute atomic E-state index is 13.5. The molecule has 0 spiro atoms. The number of pyridine rings is 1. The molecule has 3 heterocycles. The lowest BCUT2D eigenvalue weighted by atomic mass is 9.98. The van der Waals surface area contributed by atoms with Gasteiger partial charge in [0.1, 0.15) is 11.4 Å². The van der Waals surface area contributed by atoms with E-state index < -0.39 is 22.3 Å². The van der Waals surface area contributed by atoms with Crippen LogP contribution in [0.5, 0.6) is 0 Å². The van der Waals surface area contributed by atoms with Crippen LogP contribution in [0.2, 0.25) is 5.02 Å². The number of amides is 1. The molecule has 0 saturated heterocycles. The molecule has 158 valence electrons. The highest BCUT2D eigenvalue weighted by atomic mass is 35.5. The summed E-state index contributed by atoms with van der Waals surface area (Å²) in [6.07, 6.45) is 1.54. The minimum atomic E-state index is -0.867. The zero-order chi connectivity index (χ0) is 22.6. The summed E-state index contributed by atoms with van der Waals surface area (Å²) < 4.78 is 5.91. The Bertz CT molecular complexity index is 1470. The maximum Gasteiger partial charge on any atom is 0.296 e. The first kappa shape index (κ1) is 19.9.